The predicted octanol–water partition coefficient (Wildman–Crippen LogP) is 5.24. The molecule has 2 aromatic rings. The molecule has 9 heteroatoms. The van der Waals surface area contributed by atoms with Crippen LogP contribution in [0.3, 0.4) is 0 Å². The van der Waals surface area contributed by atoms with Gasteiger partial charge in [0.1, 0.15) is 6.04 Å². The van der Waals surface area contributed by atoms with Crippen LogP contribution in [0.4, 0.5) is 14.9 Å². The minimum Gasteiger partial charge on any atom is -0.428 e. The molecule has 3 atom stereocenters. The Kier molecular flexibility index (Phi) is 7.17. The molecule has 8 nitrogen and oxygen atoms in total. The number of hydrogen-bond acceptors (Lipinski definition) is 6. The summed E-state index contributed by atoms with van der Waals surface area (Å²) >= 11 is 0. The number of halogens is 1. The Labute approximate surface area is 188 Å². The lowest BCUT2D eigenvalue weighted by Crippen LogP contribution is -2.56. The second-order valence-electron chi connectivity index (χ2n) is 8.28. The number of carbonyl (C=O) groups excluding carboxylic acids is 1. The molecule has 1 aliphatic heterocycles. The molecule has 0 radical (unpaired) electrons. The number of rotatable bonds is 4. The van der Waals surface area contributed by atoms with E-state index in [0.717, 1.165) is 24.4 Å². The summed E-state index contributed by atoms with van der Waals surface area (Å²) < 4.78 is 18.6. The zero-order valence-corrected chi connectivity index (χ0v) is 18.8. The monoisotopic (exact) mass is 442 g/mol. The summed E-state index contributed by atoms with van der Waals surface area (Å²) in [5.74, 6) is 0.0844. The summed E-state index contributed by atoms with van der Waals surface area (Å²) in [5, 5.41) is 19.0. The van der Waals surface area contributed by atoms with E-state index in [2.05, 4.69) is 22.2 Å². The third kappa shape index (κ3) is 5.27. The number of piperidine rings is 1. The Bertz CT molecular complexity index is 1020. The van der Waals surface area contributed by atoms with Crippen LogP contribution in [0, 0.1) is 29.5 Å². The van der Waals surface area contributed by atoms with E-state index in [-0.39, 0.29) is 25.3 Å². The molecule has 1 saturated heterocycles. The Morgan fingerprint density at radius 1 is 1.28 bits per heavy atom. The first-order chi connectivity index (χ1) is 15.2. The SMILES string of the molecule is CCC(=N)OC(=N)C1C[C@H](C)C[C@@H](C)N1C(=O)Nc1ccc(C)c(-c2ncc(F)cn2)c1.[HH]. The van der Waals surface area contributed by atoms with Gasteiger partial charge in [0.25, 0.3) is 0 Å². The number of nitrogens with one attached hydrogen (secondary N) is 3. The lowest BCUT2D eigenvalue weighted by molar-refractivity contribution is 0.121. The van der Waals surface area contributed by atoms with Crippen molar-refractivity contribution < 1.29 is 15.3 Å². The lowest BCUT2D eigenvalue weighted by Gasteiger charge is -2.42. The molecule has 0 spiro atoms. The van der Waals surface area contributed by atoms with E-state index in [9.17, 15) is 9.18 Å². The summed E-state index contributed by atoms with van der Waals surface area (Å²) in [6, 6.07) is 4.37. The number of ether oxygens (including phenoxy) is 1. The smallest absolute Gasteiger partial charge is 0.322 e. The van der Waals surface area contributed by atoms with Crippen molar-refractivity contribution in [1.82, 2.24) is 14.9 Å². The summed E-state index contributed by atoms with van der Waals surface area (Å²) in [6.45, 7) is 7.71. The van der Waals surface area contributed by atoms with Crippen molar-refractivity contribution in [3.05, 3.63) is 42.0 Å². The van der Waals surface area contributed by atoms with E-state index in [1.165, 1.54) is 0 Å². The molecule has 0 bridgehead atoms. The van der Waals surface area contributed by atoms with Gasteiger partial charge in [0.15, 0.2) is 17.5 Å². The molecule has 172 valence electrons. The fourth-order valence-corrected chi connectivity index (χ4v) is 4.02. The zero-order chi connectivity index (χ0) is 23.4. The molecule has 2 heterocycles. The highest BCUT2D eigenvalue weighted by atomic mass is 19.1. The van der Waals surface area contributed by atoms with E-state index < -0.39 is 11.9 Å². The van der Waals surface area contributed by atoms with Crippen LogP contribution < -0.4 is 5.32 Å². The first kappa shape index (κ1) is 23.3. The number of nitrogens with zero attached hydrogens (tertiary/aromatic N) is 3. The predicted molar refractivity (Wildman–Crippen MR) is 124 cm³/mol. The quantitative estimate of drug-likeness (QED) is 0.444. The van der Waals surface area contributed by atoms with Crippen molar-refractivity contribution in [1.29, 1.82) is 10.8 Å². The van der Waals surface area contributed by atoms with Crippen LogP contribution in [-0.2, 0) is 4.74 Å². The molecule has 0 aliphatic carbocycles. The van der Waals surface area contributed by atoms with E-state index in [1.807, 2.05) is 19.9 Å². The number of benzene rings is 1. The largest absolute Gasteiger partial charge is 0.428 e. The van der Waals surface area contributed by atoms with Gasteiger partial charge >= 0.3 is 6.03 Å². The summed E-state index contributed by atoms with van der Waals surface area (Å²) in [6.07, 6.45) is 3.99. The van der Waals surface area contributed by atoms with E-state index in [0.29, 0.717) is 35.8 Å². The normalized spacial score (nSPS) is 20.5. The maximum atomic E-state index is 13.3. The van der Waals surface area contributed by atoms with Crippen LogP contribution in [0.1, 0.15) is 47.0 Å². The second kappa shape index (κ2) is 9.84. The minimum atomic E-state index is -0.550. The van der Waals surface area contributed by atoms with Crippen LogP contribution >= 0.6 is 0 Å². The molecule has 1 aromatic heterocycles. The molecule has 2 amide bonds. The highest BCUT2D eigenvalue weighted by Gasteiger charge is 2.38. The number of amides is 2. The van der Waals surface area contributed by atoms with Crippen LogP contribution in [-0.4, -0.2) is 44.8 Å². The standard InChI is InChI=1S/C23H29FN6O2.H2/c1-5-20(25)32-21(26)19-9-13(2)8-15(4)30(19)23(31)29-17-7-6-14(3)18(10-17)22-27-11-16(24)12-28-22;/h6-7,10-13,15,19,25-26H,5,8-9H2,1-4H3,(H,29,31);1H/t13-,15-,19?;/m1./s1. The number of urea groups is 1. The molecule has 3 rings (SSSR count). The fraction of sp³-hybridized carbons (Fsp3) is 0.435. The molecule has 1 fully saturated rings. The van der Waals surface area contributed by atoms with Crippen molar-refractivity contribution in [2.75, 3.05) is 5.32 Å². The number of anilines is 1. The van der Waals surface area contributed by atoms with E-state index in [1.54, 1.807) is 24.0 Å². The molecule has 1 unspecified atom stereocenters. The summed E-state index contributed by atoms with van der Waals surface area (Å²) in [7, 11) is 0. The average molecular weight is 443 g/mol. The number of likely N-dealkylation sites (tertiary alicyclic amines) is 1. The third-order valence-electron chi connectivity index (χ3n) is 5.62. The van der Waals surface area contributed by atoms with Gasteiger partial charge in [0.05, 0.1) is 12.4 Å². The molecule has 1 aliphatic rings. The first-order valence-corrected chi connectivity index (χ1v) is 10.7. The van der Waals surface area contributed by atoms with Crippen molar-refractivity contribution in [3.8, 4) is 11.4 Å². The molecular formula is C23H31FN6O2. The maximum Gasteiger partial charge on any atom is 0.322 e. The molecule has 3 N–H and O–H groups in total. The van der Waals surface area contributed by atoms with Gasteiger partial charge in [0, 0.05) is 25.1 Å². The van der Waals surface area contributed by atoms with Gasteiger partial charge in [-0.15, -0.1) is 0 Å². The topological polar surface area (TPSA) is 115 Å². The average Bonchev–Trinajstić information content (AvgIpc) is 2.75. The van der Waals surface area contributed by atoms with Gasteiger partial charge in [-0.2, -0.15) is 0 Å². The van der Waals surface area contributed by atoms with Crippen LogP contribution in [0.25, 0.3) is 11.4 Å². The summed E-state index contributed by atoms with van der Waals surface area (Å²) in [4.78, 5) is 23.0. The number of aryl methyl sites for hydroxylation is 1. The fourth-order valence-electron chi connectivity index (χ4n) is 4.02. The van der Waals surface area contributed by atoms with Gasteiger partial charge < -0.3 is 15.0 Å². The van der Waals surface area contributed by atoms with Crippen LogP contribution in [0.15, 0.2) is 30.6 Å². The second-order valence-corrected chi connectivity index (χ2v) is 8.28. The van der Waals surface area contributed by atoms with E-state index in [4.69, 9.17) is 15.6 Å². The van der Waals surface area contributed by atoms with Gasteiger partial charge in [-0.3, -0.25) is 10.8 Å². The summed E-state index contributed by atoms with van der Waals surface area (Å²) in [5.41, 5.74) is 2.12. The zero-order valence-electron chi connectivity index (χ0n) is 18.8. The van der Waals surface area contributed by atoms with Crippen LogP contribution in [0.5, 0.6) is 0 Å². The van der Waals surface area contributed by atoms with Gasteiger partial charge in [-0.25, -0.2) is 19.2 Å². The highest BCUT2D eigenvalue weighted by Crippen LogP contribution is 2.30. The minimum absolute atomic E-state index is 0. The Morgan fingerprint density at radius 3 is 2.62 bits per heavy atom. The van der Waals surface area contributed by atoms with E-state index >= 15 is 0 Å². The molecule has 1 aromatic carbocycles. The van der Waals surface area contributed by atoms with Crippen molar-refractivity contribution >= 4 is 23.5 Å². The molecule has 0 saturated carbocycles. The van der Waals surface area contributed by atoms with Gasteiger partial charge in [-0.1, -0.05) is 19.9 Å². The lowest BCUT2D eigenvalue weighted by atomic mass is 9.88. The maximum absolute atomic E-state index is 13.3. The number of carbonyl (C=O) groups is 1. The first-order valence-electron chi connectivity index (χ1n) is 10.7. The van der Waals surface area contributed by atoms with Gasteiger partial charge in [-0.05, 0) is 50.3 Å². The van der Waals surface area contributed by atoms with Crippen molar-refractivity contribution in [3.63, 3.8) is 0 Å². The number of aromatic nitrogens is 2. The molecule has 32 heavy (non-hydrogen) atoms. The Hall–Kier alpha value is -3.36. The Balaban J connectivity index is 0.00000385. The van der Waals surface area contributed by atoms with Crippen molar-refractivity contribution in [2.24, 2.45) is 5.92 Å². The Morgan fingerprint density at radius 2 is 1.97 bits per heavy atom. The van der Waals surface area contributed by atoms with Crippen LogP contribution in [0.2, 0.25) is 0 Å². The molecular weight excluding hydrogens is 411 g/mol. The van der Waals surface area contributed by atoms with Gasteiger partial charge in [0.2, 0.25) is 5.90 Å². The number of hydrogen-bond donors (Lipinski definition) is 3. The highest BCUT2D eigenvalue weighted by molar-refractivity contribution is 5.97. The van der Waals surface area contributed by atoms with Crippen molar-refractivity contribution in [2.45, 2.75) is 59.0 Å². The third-order valence-corrected chi connectivity index (χ3v) is 5.62.